The number of aromatic amines is 1. The number of tetrazole rings is 1. The Kier molecular flexibility index (Phi) is 10.4. The molecule has 13 nitrogen and oxygen atoms in total. The Balaban J connectivity index is 1.37. The summed E-state index contributed by atoms with van der Waals surface area (Å²) in [5.41, 5.74) is 3.47. The largest absolute Gasteiger partial charge is 0.461 e. The number of carbonyl (C=O) groups excluding carboxylic acids is 3. The minimum absolute atomic E-state index is 0.0606. The van der Waals surface area contributed by atoms with Crippen LogP contribution in [0.5, 0.6) is 0 Å². The van der Waals surface area contributed by atoms with Crippen LogP contribution < -0.4 is 10.6 Å². The second kappa shape index (κ2) is 15.0. The van der Waals surface area contributed by atoms with Crippen LogP contribution in [0.2, 0.25) is 10.2 Å². The number of carbonyl (C=O) groups is 3. The molecule has 2 heterocycles. The van der Waals surface area contributed by atoms with Gasteiger partial charge in [-0.15, -0.1) is 5.10 Å². The molecule has 2 aromatic heterocycles. The highest BCUT2D eigenvalue weighted by molar-refractivity contribution is 6.32. The van der Waals surface area contributed by atoms with E-state index in [1.807, 2.05) is 30.3 Å². The zero-order chi connectivity index (χ0) is 32.5. The highest BCUT2D eigenvalue weighted by Crippen LogP contribution is 2.29. The Morgan fingerprint density at radius 3 is 2.54 bits per heavy atom. The first-order valence-corrected chi connectivity index (χ1v) is 14.5. The van der Waals surface area contributed by atoms with Crippen molar-refractivity contribution in [3.63, 3.8) is 0 Å². The molecule has 0 aliphatic rings. The summed E-state index contributed by atoms with van der Waals surface area (Å²) in [6, 6.07) is 20.0. The highest BCUT2D eigenvalue weighted by atomic mass is 35.5. The molecule has 3 aromatic carbocycles. The number of rotatable bonds is 11. The van der Waals surface area contributed by atoms with Gasteiger partial charge in [-0.3, -0.25) is 14.9 Å². The molecule has 3 N–H and O–H groups in total. The zero-order valence-corrected chi connectivity index (χ0v) is 25.7. The van der Waals surface area contributed by atoms with Crippen LogP contribution in [-0.2, 0) is 25.7 Å². The van der Waals surface area contributed by atoms with Crippen molar-refractivity contribution in [3.8, 4) is 16.9 Å². The summed E-state index contributed by atoms with van der Waals surface area (Å²) < 4.78 is 11.5. The van der Waals surface area contributed by atoms with Gasteiger partial charge in [0.25, 0.3) is 0 Å². The lowest BCUT2D eigenvalue weighted by molar-refractivity contribution is -0.145. The minimum Gasteiger partial charge on any atom is -0.461 e. The molecule has 0 saturated carbocycles. The van der Waals surface area contributed by atoms with Crippen LogP contribution in [0.1, 0.15) is 29.4 Å². The van der Waals surface area contributed by atoms with Crippen molar-refractivity contribution < 1.29 is 23.9 Å². The van der Waals surface area contributed by atoms with Gasteiger partial charge in [0.15, 0.2) is 0 Å². The molecule has 46 heavy (non-hydrogen) atoms. The number of esters is 1. The number of halogens is 2. The van der Waals surface area contributed by atoms with Crippen LogP contribution in [0.3, 0.4) is 0 Å². The van der Waals surface area contributed by atoms with Crippen LogP contribution >= 0.6 is 23.2 Å². The summed E-state index contributed by atoms with van der Waals surface area (Å²) in [6.45, 7) is 0.0606. The predicted octanol–water partition coefficient (Wildman–Crippen LogP) is 5.54. The van der Waals surface area contributed by atoms with Crippen molar-refractivity contribution in [2.75, 3.05) is 12.4 Å². The lowest BCUT2D eigenvalue weighted by Crippen LogP contribution is -2.30. The van der Waals surface area contributed by atoms with Crippen molar-refractivity contribution in [2.24, 2.45) is 0 Å². The molecule has 0 fully saturated rings. The van der Waals surface area contributed by atoms with Crippen LogP contribution in [0, 0.1) is 0 Å². The average molecular weight is 662 g/mol. The predicted molar refractivity (Wildman–Crippen MR) is 170 cm³/mol. The van der Waals surface area contributed by atoms with Crippen LogP contribution in [0.15, 0.2) is 85.2 Å². The van der Waals surface area contributed by atoms with Gasteiger partial charge in [0.05, 0.1) is 25.3 Å². The maximum absolute atomic E-state index is 13.2. The molecule has 0 spiro atoms. The molecule has 15 heteroatoms. The second-order valence-electron chi connectivity index (χ2n) is 9.68. The molecular weight excluding hydrogens is 635 g/mol. The number of aromatic nitrogens is 6. The van der Waals surface area contributed by atoms with E-state index in [0.717, 1.165) is 5.56 Å². The standard InChI is InChI=1S/C31H26Cl2N8O5/c1-45-31(44)35-23-11-7-20(8-12-23)28-29(33)38-30(37-28)24(16-27(43)46-17-19-5-3-2-4-6-19)36-26(42)14-9-21-15-22(32)10-13-25(21)41-18-34-39-40-41/h2-15,18,24H,16-17H2,1H3,(H,35,44)(H,36,42)(H,37,38)/b14-9+/t24-/m0/s1. The van der Waals surface area contributed by atoms with E-state index in [4.69, 9.17) is 27.9 Å². The Labute approximate surface area is 272 Å². The number of nitrogens with one attached hydrogen (secondary N) is 3. The van der Waals surface area contributed by atoms with E-state index in [1.165, 1.54) is 24.2 Å². The fourth-order valence-corrected chi connectivity index (χ4v) is 4.74. The number of H-pyrrole nitrogens is 1. The fraction of sp³-hybridized carbons (Fsp3) is 0.129. The lowest BCUT2D eigenvalue weighted by atomic mass is 10.1. The molecule has 2 amide bonds. The third-order valence-electron chi connectivity index (χ3n) is 6.53. The number of ether oxygens (including phenoxy) is 2. The van der Waals surface area contributed by atoms with E-state index >= 15 is 0 Å². The normalized spacial score (nSPS) is 11.6. The Bertz CT molecular complexity index is 1840. The van der Waals surface area contributed by atoms with Gasteiger partial charge in [-0.1, -0.05) is 65.7 Å². The quantitative estimate of drug-likeness (QED) is 0.122. The van der Waals surface area contributed by atoms with Crippen molar-refractivity contribution in [1.82, 2.24) is 35.5 Å². The number of hydrogen-bond donors (Lipinski definition) is 3. The Morgan fingerprint density at radius 2 is 1.83 bits per heavy atom. The fourth-order valence-electron chi connectivity index (χ4n) is 4.31. The summed E-state index contributed by atoms with van der Waals surface area (Å²) in [6.07, 6.45) is 3.40. The van der Waals surface area contributed by atoms with Crippen molar-refractivity contribution >= 4 is 52.9 Å². The van der Waals surface area contributed by atoms with Gasteiger partial charge in [-0.25, -0.2) is 9.78 Å². The molecule has 0 aliphatic carbocycles. The summed E-state index contributed by atoms with van der Waals surface area (Å²) in [4.78, 5) is 45.2. The number of nitrogens with zero attached hydrogens (tertiary/aromatic N) is 5. The highest BCUT2D eigenvalue weighted by Gasteiger charge is 2.24. The monoisotopic (exact) mass is 660 g/mol. The van der Waals surface area contributed by atoms with E-state index in [1.54, 1.807) is 48.5 Å². The van der Waals surface area contributed by atoms with Crippen molar-refractivity contribution in [1.29, 1.82) is 0 Å². The van der Waals surface area contributed by atoms with Gasteiger partial charge < -0.3 is 19.8 Å². The topological polar surface area (TPSA) is 166 Å². The molecule has 0 saturated heterocycles. The first kappa shape index (κ1) is 31.9. The summed E-state index contributed by atoms with van der Waals surface area (Å²) in [5.74, 6) is -0.871. The third-order valence-corrected chi connectivity index (χ3v) is 7.04. The first-order valence-electron chi connectivity index (χ1n) is 13.7. The maximum Gasteiger partial charge on any atom is 0.411 e. The number of imidazole rings is 1. The Hall–Kier alpha value is -5.53. The maximum atomic E-state index is 13.2. The van der Waals surface area contributed by atoms with Gasteiger partial charge in [0.1, 0.15) is 29.6 Å². The van der Waals surface area contributed by atoms with Crippen molar-refractivity contribution in [2.45, 2.75) is 19.1 Å². The van der Waals surface area contributed by atoms with Crippen LogP contribution in [0.4, 0.5) is 10.5 Å². The molecule has 5 rings (SSSR count). The molecule has 0 radical (unpaired) electrons. The van der Waals surface area contributed by atoms with Crippen LogP contribution in [0.25, 0.3) is 23.0 Å². The molecule has 234 valence electrons. The summed E-state index contributed by atoms with van der Waals surface area (Å²) >= 11 is 12.7. The first-order chi connectivity index (χ1) is 22.3. The number of methoxy groups -OCH3 is 1. The molecule has 0 unspecified atom stereocenters. The smallest absolute Gasteiger partial charge is 0.411 e. The van der Waals surface area contributed by atoms with E-state index in [0.29, 0.717) is 33.2 Å². The lowest BCUT2D eigenvalue weighted by Gasteiger charge is -2.15. The molecule has 0 aliphatic heterocycles. The average Bonchev–Trinajstić information content (AvgIpc) is 3.74. The number of amides is 2. The van der Waals surface area contributed by atoms with Gasteiger partial charge >= 0.3 is 12.1 Å². The number of anilines is 1. The third kappa shape index (κ3) is 8.34. The van der Waals surface area contributed by atoms with Gasteiger partial charge in [-0.05, 0) is 52.4 Å². The Morgan fingerprint density at radius 1 is 1.04 bits per heavy atom. The molecule has 5 aromatic rings. The van der Waals surface area contributed by atoms with E-state index < -0.39 is 24.0 Å². The summed E-state index contributed by atoms with van der Waals surface area (Å²) in [5, 5.41) is 17.2. The van der Waals surface area contributed by atoms with E-state index in [2.05, 4.69) is 40.9 Å². The van der Waals surface area contributed by atoms with Crippen LogP contribution in [-0.4, -0.2) is 55.3 Å². The molecular formula is C31H26Cl2N8O5. The van der Waals surface area contributed by atoms with E-state index in [9.17, 15) is 14.4 Å². The SMILES string of the molecule is COC(=O)Nc1ccc(-c2nc([C@H](CC(=O)OCc3ccccc3)NC(=O)/C=C/c3cc(Cl)ccc3-n3cnnn3)[nH]c2Cl)cc1. The van der Waals surface area contributed by atoms with E-state index in [-0.39, 0.29) is 24.0 Å². The van der Waals surface area contributed by atoms with Gasteiger partial charge in [-0.2, -0.15) is 4.68 Å². The molecule has 1 atom stereocenters. The van der Waals surface area contributed by atoms with Gasteiger partial charge in [0.2, 0.25) is 5.91 Å². The zero-order valence-electron chi connectivity index (χ0n) is 24.2. The summed E-state index contributed by atoms with van der Waals surface area (Å²) in [7, 11) is 1.27. The number of hydrogen-bond acceptors (Lipinski definition) is 9. The molecule has 0 bridgehead atoms. The number of benzene rings is 3. The second-order valence-corrected chi connectivity index (χ2v) is 10.5. The minimum atomic E-state index is -0.940. The van der Waals surface area contributed by atoms with Crippen molar-refractivity contribution in [3.05, 3.63) is 112 Å². The van der Waals surface area contributed by atoms with Gasteiger partial charge in [0, 0.05) is 27.9 Å².